The van der Waals surface area contributed by atoms with Crippen LogP contribution in [0.25, 0.3) is 0 Å². The predicted molar refractivity (Wildman–Crippen MR) is 113 cm³/mol. The number of allylic oxidation sites excluding steroid dienone is 3. The molecule has 5 aliphatic rings. The average molecular weight is 407 g/mol. The first-order chi connectivity index (χ1) is 14.4. The molecular formula is C26H30O4. The van der Waals surface area contributed by atoms with E-state index in [0.29, 0.717) is 6.42 Å². The van der Waals surface area contributed by atoms with E-state index in [-0.39, 0.29) is 33.9 Å². The van der Waals surface area contributed by atoms with Gasteiger partial charge in [0, 0.05) is 29.1 Å². The summed E-state index contributed by atoms with van der Waals surface area (Å²) in [6.45, 7) is 2.42. The average Bonchev–Trinajstić information content (AvgIpc) is 3.33. The molecule has 4 heteroatoms. The van der Waals surface area contributed by atoms with Crippen molar-refractivity contribution in [3.05, 3.63) is 54.1 Å². The van der Waals surface area contributed by atoms with Gasteiger partial charge in [0.15, 0.2) is 12.1 Å². The predicted octanol–water partition coefficient (Wildman–Crippen LogP) is 4.32. The number of aliphatic hydroxyl groups excluding tert-OH is 1. The zero-order valence-corrected chi connectivity index (χ0v) is 17.8. The van der Waals surface area contributed by atoms with E-state index in [1.165, 1.54) is 18.4 Å². The van der Waals surface area contributed by atoms with Crippen LogP contribution in [-0.4, -0.2) is 29.9 Å². The monoisotopic (exact) mass is 406 g/mol. The molecule has 0 aromatic heterocycles. The van der Waals surface area contributed by atoms with Crippen molar-refractivity contribution in [2.45, 2.75) is 62.8 Å². The molecule has 6 rings (SSSR count). The van der Waals surface area contributed by atoms with Gasteiger partial charge in [-0.25, -0.2) is 0 Å². The molecule has 0 amide bonds. The largest absolute Gasteiger partial charge is 0.497 e. The van der Waals surface area contributed by atoms with E-state index in [9.17, 15) is 9.90 Å². The van der Waals surface area contributed by atoms with E-state index in [4.69, 9.17) is 9.47 Å². The molecule has 1 aromatic rings. The minimum atomic E-state index is -0.741. The van der Waals surface area contributed by atoms with Gasteiger partial charge in [0.1, 0.15) is 5.75 Å². The van der Waals surface area contributed by atoms with E-state index < -0.39 is 11.9 Å². The van der Waals surface area contributed by atoms with Crippen molar-refractivity contribution in [1.82, 2.24) is 0 Å². The highest BCUT2D eigenvalue weighted by atomic mass is 16.6. The standard InChI is InChI=1S/C26H30O4/c1-23-11-3-4-12-24(23)15-16-26(23,17-5-7-18(29-2)8-6-17)21-19(27)9-13-25(22(21)24)14-10-20(28)30-25/h5-9,13,15-16,20-22,28H,3-4,10-12,14H2,1-2H3/t20?,21-,22+,23+,24+,25-,26+/m1/s1. The molecular weight excluding hydrogens is 376 g/mol. The van der Waals surface area contributed by atoms with Crippen molar-refractivity contribution in [2.24, 2.45) is 22.7 Å². The summed E-state index contributed by atoms with van der Waals surface area (Å²) in [6, 6.07) is 8.35. The highest BCUT2D eigenvalue weighted by Gasteiger charge is 2.80. The van der Waals surface area contributed by atoms with Gasteiger partial charge < -0.3 is 14.6 Å². The third-order valence-electron chi connectivity index (χ3n) is 9.55. The molecule has 2 saturated carbocycles. The first-order valence-corrected chi connectivity index (χ1v) is 11.4. The van der Waals surface area contributed by atoms with E-state index in [2.05, 4.69) is 31.2 Å². The highest BCUT2D eigenvalue weighted by molar-refractivity contribution is 5.96. The normalized spacial score (nSPS) is 48.2. The quantitative estimate of drug-likeness (QED) is 0.743. The lowest BCUT2D eigenvalue weighted by atomic mass is 9.52. The molecule has 4 nitrogen and oxygen atoms in total. The maximum absolute atomic E-state index is 13.6. The Morgan fingerprint density at radius 2 is 1.83 bits per heavy atom. The Labute approximate surface area is 178 Å². The van der Waals surface area contributed by atoms with Crippen molar-refractivity contribution in [3.8, 4) is 5.75 Å². The first kappa shape index (κ1) is 18.8. The number of hydrogen-bond acceptors (Lipinski definition) is 4. The Bertz CT molecular complexity index is 964. The van der Waals surface area contributed by atoms with Gasteiger partial charge in [-0.1, -0.05) is 44.1 Å². The van der Waals surface area contributed by atoms with Crippen LogP contribution >= 0.6 is 0 Å². The van der Waals surface area contributed by atoms with Gasteiger partial charge in [0.2, 0.25) is 0 Å². The lowest BCUT2D eigenvalue weighted by Crippen LogP contribution is -2.53. The number of aliphatic hydroxyl groups is 1. The van der Waals surface area contributed by atoms with Crippen LogP contribution in [0.2, 0.25) is 0 Å². The van der Waals surface area contributed by atoms with Crippen molar-refractivity contribution >= 4 is 5.78 Å². The van der Waals surface area contributed by atoms with Crippen LogP contribution in [0.5, 0.6) is 5.75 Å². The SMILES string of the molecule is COc1ccc([C@]23C=C[C@@]4(CCCC[C@]24C)[C@@H]2[C@H]3C(=O)C=C[C@@]23CCC(O)O3)cc1. The fourth-order valence-corrected chi connectivity index (χ4v) is 8.41. The molecule has 1 aromatic carbocycles. The van der Waals surface area contributed by atoms with Crippen molar-refractivity contribution in [1.29, 1.82) is 0 Å². The second-order valence-electron chi connectivity index (χ2n) is 10.3. The number of methoxy groups -OCH3 is 1. The molecule has 1 unspecified atom stereocenters. The van der Waals surface area contributed by atoms with Crippen LogP contribution in [0.3, 0.4) is 0 Å². The molecule has 7 atom stereocenters. The Balaban J connectivity index is 1.61. The third kappa shape index (κ3) is 1.90. The Morgan fingerprint density at radius 1 is 1.07 bits per heavy atom. The number of carbonyl (C=O) groups excluding carboxylic acids is 1. The Kier molecular flexibility index (Phi) is 3.68. The van der Waals surface area contributed by atoms with Crippen LogP contribution in [0.1, 0.15) is 51.0 Å². The molecule has 3 fully saturated rings. The van der Waals surface area contributed by atoms with Gasteiger partial charge in [-0.3, -0.25) is 4.79 Å². The second kappa shape index (κ2) is 5.86. The zero-order valence-electron chi connectivity index (χ0n) is 17.8. The molecule has 1 N–H and O–H groups in total. The summed E-state index contributed by atoms with van der Waals surface area (Å²) in [4.78, 5) is 13.6. The maximum atomic E-state index is 13.6. The van der Waals surface area contributed by atoms with E-state index >= 15 is 0 Å². The molecule has 1 heterocycles. The van der Waals surface area contributed by atoms with Gasteiger partial charge in [0.05, 0.1) is 12.7 Å². The smallest absolute Gasteiger partial charge is 0.160 e. The second-order valence-corrected chi connectivity index (χ2v) is 10.3. The van der Waals surface area contributed by atoms with Gasteiger partial charge in [-0.15, -0.1) is 0 Å². The zero-order chi connectivity index (χ0) is 20.8. The number of fused-ring (bicyclic) bond motifs is 3. The Morgan fingerprint density at radius 3 is 2.53 bits per heavy atom. The Hall–Kier alpha value is -1.91. The molecule has 2 bridgehead atoms. The highest BCUT2D eigenvalue weighted by Crippen LogP contribution is 2.81. The van der Waals surface area contributed by atoms with Crippen molar-refractivity contribution in [3.63, 3.8) is 0 Å². The van der Waals surface area contributed by atoms with Crippen molar-refractivity contribution in [2.75, 3.05) is 7.11 Å². The van der Waals surface area contributed by atoms with Gasteiger partial charge >= 0.3 is 0 Å². The minimum Gasteiger partial charge on any atom is -0.497 e. The minimum absolute atomic E-state index is 0.0479. The molecule has 0 radical (unpaired) electrons. The third-order valence-corrected chi connectivity index (χ3v) is 9.55. The van der Waals surface area contributed by atoms with Gasteiger partial charge in [0.25, 0.3) is 0 Å². The molecule has 1 spiro atoms. The van der Waals surface area contributed by atoms with E-state index in [0.717, 1.165) is 25.0 Å². The van der Waals surface area contributed by atoms with Gasteiger partial charge in [-0.2, -0.15) is 0 Å². The fourth-order valence-electron chi connectivity index (χ4n) is 8.41. The van der Waals surface area contributed by atoms with E-state index in [1.54, 1.807) is 13.2 Å². The van der Waals surface area contributed by atoms with Crippen LogP contribution in [0.4, 0.5) is 0 Å². The number of ether oxygens (including phenoxy) is 2. The van der Waals surface area contributed by atoms with Crippen LogP contribution < -0.4 is 4.74 Å². The summed E-state index contributed by atoms with van der Waals surface area (Å²) in [5.74, 6) is 0.956. The number of carbonyl (C=O) groups is 1. The molecule has 158 valence electrons. The number of hydrogen-bond donors (Lipinski definition) is 1. The number of benzene rings is 1. The summed E-state index contributed by atoms with van der Waals surface area (Å²) >= 11 is 0. The molecule has 4 aliphatic carbocycles. The number of ketones is 1. The van der Waals surface area contributed by atoms with Crippen LogP contribution in [0, 0.1) is 22.7 Å². The van der Waals surface area contributed by atoms with Crippen LogP contribution in [-0.2, 0) is 14.9 Å². The first-order valence-electron chi connectivity index (χ1n) is 11.4. The van der Waals surface area contributed by atoms with Crippen LogP contribution in [0.15, 0.2) is 48.6 Å². The molecule has 30 heavy (non-hydrogen) atoms. The van der Waals surface area contributed by atoms with Crippen molar-refractivity contribution < 1.29 is 19.4 Å². The summed E-state index contributed by atoms with van der Waals surface area (Å²) in [5, 5.41) is 10.3. The summed E-state index contributed by atoms with van der Waals surface area (Å²) in [5.41, 5.74) is 0.176. The number of rotatable bonds is 2. The molecule has 1 aliphatic heterocycles. The van der Waals surface area contributed by atoms with E-state index in [1.807, 2.05) is 18.2 Å². The molecule has 1 saturated heterocycles. The fraction of sp³-hybridized carbons (Fsp3) is 0.577. The summed E-state index contributed by atoms with van der Waals surface area (Å²) < 4.78 is 11.7. The lowest BCUT2D eigenvalue weighted by Gasteiger charge is -2.52. The topological polar surface area (TPSA) is 55.8 Å². The van der Waals surface area contributed by atoms with Gasteiger partial charge in [-0.05, 0) is 54.5 Å². The summed E-state index contributed by atoms with van der Waals surface area (Å²) in [6.07, 6.45) is 13.8. The lowest BCUT2D eigenvalue weighted by molar-refractivity contribution is -0.168. The maximum Gasteiger partial charge on any atom is 0.160 e. The summed E-state index contributed by atoms with van der Waals surface area (Å²) in [7, 11) is 1.68.